The fourth-order valence-electron chi connectivity index (χ4n) is 0.517. The molecule has 0 radical (unpaired) electrons. The van der Waals surface area contributed by atoms with Gasteiger partial charge in [-0.1, -0.05) is 5.16 Å². The minimum Gasteiger partial charge on any atom is -0.417 e. The number of halogens is 2. The van der Waals surface area contributed by atoms with Crippen molar-refractivity contribution < 1.29 is 23.1 Å². The summed E-state index contributed by atoms with van der Waals surface area (Å²) in [7, 11) is 0. The molecule has 0 saturated carbocycles. The molecule has 0 saturated heterocycles. The first-order valence-electron chi connectivity index (χ1n) is 3.82. The monoisotopic (exact) mass is 234 g/mol. The van der Waals surface area contributed by atoms with Crippen LogP contribution >= 0.6 is 0 Å². The number of nitriles is 1. The highest BCUT2D eigenvalue weighted by molar-refractivity contribution is 6.45. The van der Waals surface area contributed by atoms with Gasteiger partial charge in [0.25, 0.3) is 0 Å². The maximum atomic E-state index is 12.2. The molecule has 0 aromatic heterocycles. The molecule has 88 valence electrons. The van der Waals surface area contributed by atoms with Crippen LogP contribution in [-0.2, 0) is 14.4 Å². The maximum Gasteiger partial charge on any atom is 0.328 e. The Morgan fingerprint density at radius 2 is 2.19 bits per heavy atom. The molecule has 7 nitrogen and oxygen atoms in total. The largest absolute Gasteiger partial charge is 0.417 e. The number of nitrogens with two attached hydrogens (primary N) is 1. The number of amidine groups is 1. The van der Waals surface area contributed by atoms with E-state index in [4.69, 9.17) is 16.4 Å². The van der Waals surface area contributed by atoms with Crippen molar-refractivity contribution in [2.24, 2.45) is 10.9 Å². The summed E-state index contributed by atoms with van der Waals surface area (Å²) in [6, 6.07) is 1.34. The number of alkyl halides is 2. The van der Waals surface area contributed by atoms with Gasteiger partial charge in [0, 0.05) is 6.92 Å². The Labute approximate surface area is 88.9 Å². The number of carbonyl (C=O) groups excluding carboxylic acids is 1. The van der Waals surface area contributed by atoms with Gasteiger partial charge in [-0.05, 0) is 0 Å². The minimum absolute atomic E-state index is 0.696. The molecule has 1 unspecified atom stereocenters. The van der Waals surface area contributed by atoms with E-state index in [0.29, 0.717) is 0 Å². The number of nitrogens with one attached hydrogen (secondary N) is 1. The van der Waals surface area contributed by atoms with Crippen LogP contribution in [0.2, 0.25) is 0 Å². The van der Waals surface area contributed by atoms with E-state index in [1.807, 2.05) is 0 Å². The summed E-state index contributed by atoms with van der Waals surface area (Å²) >= 11 is 0. The summed E-state index contributed by atoms with van der Waals surface area (Å²) in [5.41, 5.74) is 4.17. The van der Waals surface area contributed by atoms with Crippen molar-refractivity contribution >= 4 is 17.5 Å². The van der Waals surface area contributed by atoms with Gasteiger partial charge in [0.05, 0.1) is 0 Å². The van der Waals surface area contributed by atoms with E-state index in [-0.39, 0.29) is 0 Å². The molecule has 0 aromatic carbocycles. The van der Waals surface area contributed by atoms with Gasteiger partial charge in [0.1, 0.15) is 6.07 Å². The third-order valence-electron chi connectivity index (χ3n) is 1.10. The molecule has 0 aromatic rings. The van der Waals surface area contributed by atoms with E-state index in [1.165, 1.54) is 6.07 Å². The molecule has 0 aliphatic carbocycles. The molecule has 0 heterocycles. The van der Waals surface area contributed by atoms with Crippen molar-refractivity contribution in [3.05, 3.63) is 0 Å². The number of oxime groups is 1. The lowest BCUT2D eigenvalue weighted by molar-refractivity contribution is -0.209. The third kappa shape index (κ3) is 4.85. The molecule has 0 bridgehead atoms. The smallest absolute Gasteiger partial charge is 0.328 e. The van der Waals surface area contributed by atoms with Crippen LogP contribution in [-0.4, -0.2) is 30.2 Å². The predicted octanol–water partition coefficient (Wildman–Crippen LogP) is -0.0271. The lowest BCUT2D eigenvalue weighted by Gasteiger charge is -2.13. The molecular formula is C7H8F2N4O3. The van der Waals surface area contributed by atoms with Crippen LogP contribution in [0.1, 0.15) is 6.92 Å². The predicted molar refractivity (Wildman–Crippen MR) is 47.6 cm³/mol. The number of esters is 1. The standard InChI is InChI=1S/C7H8F2N4O3/c1-3(14)15-7(5(8)9)16-13-4(2-10)6(11)12/h5,7H,1H3,(H3,11,12)/b13-4+. The summed E-state index contributed by atoms with van der Waals surface area (Å²) in [6.45, 7) is 0.901. The Morgan fingerprint density at radius 1 is 1.62 bits per heavy atom. The van der Waals surface area contributed by atoms with E-state index in [1.54, 1.807) is 0 Å². The molecule has 1 atom stereocenters. The highest BCUT2D eigenvalue weighted by Crippen LogP contribution is 2.08. The average molecular weight is 234 g/mol. The van der Waals surface area contributed by atoms with Crippen molar-refractivity contribution in [3.8, 4) is 6.07 Å². The zero-order valence-electron chi connectivity index (χ0n) is 8.11. The van der Waals surface area contributed by atoms with Crippen LogP contribution in [0.4, 0.5) is 8.78 Å². The Hall–Kier alpha value is -2.24. The topological polar surface area (TPSA) is 122 Å². The van der Waals surface area contributed by atoms with Gasteiger partial charge in [-0.25, -0.2) is 8.78 Å². The number of hydrogen-bond acceptors (Lipinski definition) is 6. The van der Waals surface area contributed by atoms with Gasteiger partial charge >= 0.3 is 18.7 Å². The number of hydrogen-bond donors (Lipinski definition) is 2. The summed E-state index contributed by atoms with van der Waals surface area (Å²) in [4.78, 5) is 14.5. The van der Waals surface area contributed by atoms with Crippen LogP contribution < -0.4 is 5.73 Å². The number of nitrogens with zero attached hydrogens (tertiary/aromatic N) is 2. The van der Waals surface area contributed by atoms with Gasteiger partial charge in [0.15, 0.2) is 5.84 Å². The summed E-state index contributed by atoms with van der Waals surface area (Å²) < 4.78 is 28.4. The fraction of sp³-hybridized carbons (Fsp3) is 0.429. The van der Waals surface area contributed by atoms with Gasteiger partial charge in [-0.15, -0.1) is 0 Å². The lowest BCUT2D eigenvalue weighted by atomic mass is 10.4. The van der Waals surface area contributed by atoms with Crippen molar-refractivity contribution in [2.75, 3.05) is 0 Å². The first kappa shape index (κ1) is 13.8. The third-order valence-corrected chi connectivity index (χ3v) is 1.10. The summed E-state index contributed by atoms with van der Waals surface area (Å²) in [5, 5.41) is 18.0. The average Bonchev–Trinajstić information content (AvgIpc) is 2.15. The molecule has 0 aliphatic heterocycles. The molecule has 0 aliphatic rings. The number of ether oxygens (including phenoxy) is 1. The molecule has 0 rings (SSSR count). The summed E-state index contributed by atoms with van der Waals surface area (Å²) in [5.74, 6) is -1.75. The summed E-state index contributed by atoms with van der Waals surface area (Å²) in [6.07, 6.45) is -5.38. The van der Waals surface area contributed by atoms with Crippen LogP contribution in [0.3, 0.4) is 0 Å². The van der Waals surface area contributed by atoms with Crippen LogP contribution in [0, 0.1) is 16.7 Å². The molecular weight excluding hydrogens is 226 g/mol. The number of carbonyl (C=O) groups is 1. The number of rotatable bonds is 5. The van der Waals surface area contributed by atoms with Gasteiger partial charge in [-0.3, -0.25) is 10.2 Å². The Balaban J connectivity index is 4.59. The van der Waals surface area contributed by atoms with Gasteiger partial charge < -0.3 is 15.3 Å². The van der Waals surface area contributed by atoms with E-state index < -0.39 is 30.2 Å². The quantitative estimate of drug-likeness (QED) is 0.227. The highest BCUT2D eigenvalue weighted by atomic mass is 19.3. The fourth-order valence-corrected chi connectivity index (χ4v) is 0.517. The first-order chi connectivity index (χ1) is 7.38. The van der Waals surface area contributed by atoms with Crippen LogP contribution in [0.25, 0.3) is 0 Å². The van der Waals surface area contributed by atoms with Gasteiger partial charge in [0.2, 0.25) is 5.71 Å². The van der Waals surface area contributed by atoms with Crippen LogP contribution in [0.5, 0.6) is 0 Å². The highest BCUT2D eigenvalue weighted by Gasteiger charge is 2.25. The van der Waals surface area contributed by atoms with Crippen LogP contribution in [0.15, 0.2) is 5.16 Å². The zero-order chi connectivity index (χ0) is 12.7. The second kappa shape index (κ2) is 6.28. The minimum atomic E-state index is -3.14. The second-order valence-electron chi connectivity index (χ2n) is 2.38. The van der Waals surface area contributed by atoms with E-state index in [9.17, 15) is 13.6 Å². The molecule has 0 spiro atoms. The van der Waals surface area contributed by atoms with E-state index in [0.717, 1.165) is 6.92 Å². The van der Waals surface area contributed by atoms with Crippen molar-refractivity contribution in [2.45, 2.75) is 19.6 Å². The van der Waals surface area contributed by atoms with E-state index >= 15 is 0 Å². The lowest BCUT2D eigenvalue weighted by Crippen LogP contribution is -2.28. The van der Waals surface area contributed by atoms with Crippen molar-refractivity contribution in [1.29, 1.82) is 10.7 Å². The molecule has 3 N–H and O–H groups in total. The second-order valence-corrected chi connectivity index (χ2v) is 2.38. The molecule has 16 heavy (non-hydrogen) atoms. The van der Waals surface area contributed by atoms with E-state index in [2.05, 4.69) is 14.7 Å². The Kier molecular flexibility index (Phi) is 5.40. The normalized spacial score (nSPS) is 12.8. The maximum absolute atomic E-state index is 12.2. The molecule has 0 fully saturated rings. The van der Waals surface area contributed by atoms with Gasteiger partial charge in [-0.2, -0.15) is 5.26 Å². The molecule has 9 heteroatoms. The van der Waals surface area contributed by atoms with Crippen molar-refractivity contribution in [1.82, 2.24) is 0 Å². The SMILES string of the molecule is CC(=O)OC(O/N=C(\C#N)C(=N)N)C(F)F. The van der Waals surface area contributed by atoms with Crippen molar-refractivity contribution in [3.63, 3.8) is 0 Å². The first-order valence-corrected chi connectivity index (χ1v) is 3.82. The molecule has 0 amide bonds. The Morgan fingerprint density at radius 3 is 2.50 bits per heavy atom. The zero-order valence-corrected chi connectivity index (χ0v) is 8.11. The Bertz CT molecular complexity index is 350.